The molecule has 7 heteroatoms. The van der Waals surface area contributed by atoms with E-state index < -0.39 is 11.6 Å². The maximum Gasteiger partial charge on any atom is 0.220 e. The van der Waals surface area contributed by atoms with E-state index in [2.05, 4.69) is 15.5 Å². The molecule has 1 aromatic rings. The molecule has 0 radical (unpaired) electrons. The Morgan fingerprint density at radius 2 is 1.81 bits per heavy atom. The van der Waals surface area contributed by atoms with Gasteiger partial charge in [0, 0.05) is 45.1 Å². The minimum atomic E-state index is -0.835. The van der Waals surface area contributed by atoms with Gasteiger partial charge in [-0.25, -0.2) is 8.78 Å². The molecule has 1 aliphatic rings. The number of nitrogens with zero attached hydrogens (tertiary/aromatic N) is 1. The molecule has 2 N–H and O–H groups in total. The van der Waals surface area contributed by atoms with Crippen molar-refractivity contribution in [3.63, 3.8) is 0 Å². The molecule has 144 valence electrons. The van der Waals surface area contributed by atoms with Crippen LogP contribution in [0.25, 0.3) is 0 Å². The minimum Gasteiger partial charge on any atom is -0.356 e. The zero-order valence-electron chi connectivity index (χ0n) is 15.2. The van der Waals surface area contributed by atoms with E-state index in [1.165, 1.54) is 6.07 Å². The molecule has 2 amide bonds. The number of hydrogen-bond acceptors (Lipinski definition) is 3. The maximum atomic E-state index is 13.3. The Morgan fingerprint density at radius 3 is 2.46 bits per heavy atom. The van der Waals surface area contributed by atoms with Crippen molar-refractivity contribution >= 4 is 11.8 Å². The van der Waals surface area contributed by atoms with Crippen molar-refractivity contribution in [1.82, 2.24) is 15.5 Å². The molecule has 0 unspecified atom stereocenters. The van der Waals surface area contributed by atoms with Crippen molar-refractivity contribution in [2.75, 3.05) is 19.6 Å². The van der Waals surface area contributed by atoms with Gasteiger partial charge in [0.15, 0.2) is 11.6 Å². The third-order valence-corrected chi connectivity index (χ3v) is 4.49. The summed E-state index contributed by atoms with van der Waals surface area (Å²) in [5.74, 6) is -1.86. The number of carbonyl (C=O) groups excluding carboxylic acids is 2. The van der Waals surface area contributed by atoms with Gasteiger partial charge in [0.05, 0.1) is 0 Å². The van der Waals surface area contributed by atoms with E-state index in [4.69, 9.17) is 0 Å². The van der Waals surface area contributed by atoms with Gasteiger partial charge in [-0.3, -0.25) is 14.5 Å². The number of likely N-dealkylation sites (tertiary alicyclic amines) is 1. The van der Waals surface area contributed by atoms with Crippen molar-refractivity contribution in [2.45, 2.75) is 51.6 Å². The molecule has 0 bridgehead atoms. The first kappa shape index (κ1) is 20.3. The molecule has 1 saturated heterocycles. The SMILES string of the molecule is CCCNC(=O)CCC(=O)NC1CCN(Cc2ccc(F)c(F)c2)CC1. The van der Waals surface area contributed by atoms with Gasteiger partial charge in [-0.05, 0) is 37.0 Å². The standard InChI is InChI=1S/C19H27F2N3O2/c1-2-9-22-18(25)5-6-19(26)23-15-7-10-24(11-8-15)13-14-3-4-16(20)17(21)12-14/h3-4,12,15H,2,5-11,13H2,1H3,(H,22,25)(H,23,26). The quantitative estimate of drug-likeness (QED) is 0.741. The lowest BCUT2D eigenvalue weighted by molar-refractivity contribution is -0.127. The van der Waals surface area contributed by atoms with Gasteiger partial charge in [-0.2, -0.15) is 0 Å². The van der Waals surface area contributed by atoms with Crippen molar-refractivity contribution in [1.29, 1.82) is 0 Å². The van der Waals surface area contributed by atoms with Gasteiger partial charge < -0.3 is 10.6 Å². The van der Waals surface area contributed by atoms with E-state index in [0.29, 0.717) is 13.1 Å². The van der Waals surface area contributed by atoms with Crippen LogP contribution in [0.4, 0.5) is 8.78 Å². The number of piperidine rings is 1. The van der Waals surface area contributed by atoms with Crippen LogP contribution in [0.3, 0.4) is 0 Å². The Kier molecular flexibility index (Phi) is 7.97. The summed E-state index contributed by atoms with van der Waals surface area (Å²) in [5, 5.41) is 5.73. The smallest absolute Gasteiger partial charge is 0.220 e. The van der Waals surface area contributed by atoms with Gasteiger partial charge in [0.2, 0.25) is 11.8 Å². The first-order valence-electron chi connectivity index (χ1n) is 9.20. The normalized spacial score (nSPS) is 15.7. The van der Waals surface area contributed by atoms with Crippen LogP contribution in [0.1, 0.15) is 44.6 Å². The lowest BCUT2D eigenvalue weighted by atomic mass is 10.0. The summed E-state index contributed by atoms with van der Waals surface area (Å²) in [6.45, 7) is 4.74. The number of nitrogens with one attached hydrogen (secondary N) is 2. The molecule has 1 aliphatic heterocycles. The summed E-state index contributed by atoms with van der Waals surface area (Å²) in [4.78, 5) is 25.6. The number of carbonyl (C=O) groups is 2. The van der Waals surface area contributed by atoms with Crippen molar-refractivity contribution in [3.05, 3.63) is 35.4 Å². The number of benzene rings is 1. The highest BCUT2D eigenvalue weighted by Crippen LogP contribution is 2.16. The van der Waals surface area contributed by atoms with E-state index in [1.54, 1.807) is 6.07 Å². The predicted molar refractivity (Wildman–Crippen MR) is 95.3 cm³/mol. The second-order valence-corrected chi connectivity index (χ2v) is 6.72. The highest BCUT2D eigenvalue weighted by molar-refractivity contribution is 5.83. The van der Waals surface area contributed by atoms with Crippen molar-refractivity contribution in [2.24, 2.45) is 0 Å². The highest BCUT2D eigenvalue weighted by atomic mass is 19.2. The summed E-state index contributed by atoms with van der Waals surface area (Å²) < 4.78 is 26.2. The van der Waals surface area contributed by atoms with E-state index in [9.17, 15) is 18.4 Å². The van der Waals surface area contributed by atoms with Gasteiger partial charge in [-0.15, -0.1) is 0 Å². The predicted octanol–water partition coefficient (Wildman–Crippen LogP) is 2.35. The minimum absolute atomic E-state index is 0.0941. The van der Waals surface area contributed by atoms with E-state index in [0.717, 1.165) is 44.0 Å². The van der Waals surface area contributed by atoms with E-state index in [1.807, 2.05) is 6.92 Å². The monoisotopic (exact) mass is 367 g/mol. The molecule has 0 aliphatic carbocycles. The van der Waals surface area contributed by atoms with Crippen LogP contribution in [0.2, 0.25) is 0 Å². The van der Waals surface area contributed by atoms with Crippen LogP contribution < -0.4 is 10.6 Å². The molecule has 0 atom stereocenters. The lowest BCUT2D eigenvalue weighted by Crippen LogP contribution is -2.44. The Morgan fingerprint density at radius 1 is 1.12 bits per heavy atom. The molecular formula is C19H27F2N3O2. The molecule has 26 heavy (non-hydrogen) atoms. The highest BCUT2D eigenvalue weighted by Gasteiger charge is 2.21. The Bertz CT molecular complexity index is 617. The van der Waals surface area contributed by atoms with Crippen molar-refractivity contribution in [3.8, 4) is 0 Å². The van der Waals surface area contributed by atoms with Crippen molar-refractivity contribution < 1.29 is 18.4 Å². The van der Waals surface area contributed by atoms with Crippen LogP contribution in [0, 0.1) is 11.6 Å². The first-order chi connectivity index (χ1) is 12.5. The Labute approximate surface area is 153 Å². The number of halogens is 2. The molecule has 1 heterocycles. The van der Waals surface area contributed by atoms with Crippen LogP contribution in [-0.4, -0.2) is 42.4 Å². The molecule has 1 aromatic carbocycles. The lowest BCUT2D eigenvalue weighted by Gasteiger charge is -2.32. The van der Waals surface area contributed by atoms with Gasteiger partial charge >= 0.3 is 0 Å². The summed E-state index contributed by atoms with van der Waals surface area (Å²) in [6.07, 6.45) is 2.89. The second-order valence-electron chi connectivity index (χ2n) is 6.72. The average molecular weight is 367 g/mol. The van der Waals surface area contributed by atoms with E-state index in [-0.39, 0.29) is 30.7 Å². The topological polar surface area (TPSA) is 61.4 Å². The fourth-order valence-corrected chi connectivity index (χ4v) is 3.01. The molecular weight excluding hydrogens is 340 g/mol. The van der Waals surface area contributed by atoms with Crippen LogP contribution in [-0.2, 0) is 16.1 Å². The molecule has 0 spiro atoms. The number of rotatable bonds is 8. The second kappa shape index (κ2) is 10.2. The summed E-state index contributed by atoms with van der Waals surface area (Å²) in [6, 6.07) is 4.07. The van der Waals surface area contributed by atoms with Crippen LogP contribution >= 0.6 is 0 Å². The Balaban J connectivity index is 1.67. The fraction of sp³-hybridized carbons (Fsp3) is 0.579. The maximum absolute atomic E-state index is 13.3. The molecule has 0 aromatic heterocycles. The van der Waals surface area contributed by atoms with Gasteiger partial charge in [-0.1, -0.05) is 13.0 Å². The first-order valence-corrected chi connectivity index (χ1v) is 9.20. The molecule has 0 saturated carbocycles. The fourth-order valence-electron chi connectivity index (χ4n) is 3.01. The molecule has 5 nitrogen and oxygen atoms in total. The summed E-state index contributed by atoms with van der Waals surface area (Å²) in [5.41, 5.74) is 0.740. The molecule has 2 rings (SSSR count). The Hall–Kier alpha value is -2.02. The summed E-state index contributed by atoms with van der Waals surface area (Å²) >= 11 is 0. The molecule has 1 fully saturated rings. The van der Waals surface area contributed by atoms with Crippen LogP contribution in [0.5, 0.6) is 0 Å². The van der Waals surface area contributed by atoms with Gasteiger partial charge in [0.1, 0.15) is 0 Å². The average Bonchev–Trinajstić information content (AvgIpc) is 2.63. The zero-order chi connectivity index (χ0) is 18.9. The number of hydrogen-bond donors (Lipinski definition) is 2. The van der Waals surface area contributed by atoms with Crippen LogP contribution in [0.15, 0.2) is 18.2 Å². The third kappa shape index (κ3) is 6.71. The zero-order valence-corrected chi connectivity index (χ0v) is 15.2. The van der Waals surface area contributed by atoms with Gasteiger partial charge in [0.25, 0.3) is 0 Å². The third-order valence-electron chi connectivity index (χ3n) is 4.49. The number of amides is 2. The van der Waals surface area contributed by atoms with E-state index >= 15 is 0 Å². The summed E-state index contributed by atoms with van der Waals surface area (Å²) in [7, 11) is 0. The largest absolute Gasteiger partial charge is 0.356 e.